The first-order valence-electron chi connectivity index (χ1n) is 6.60. The van der Waals surface area contributed by atoms with Gasteiger partial charge in [-0.3, -0.25) is 0 Å². The van der Waals surface area contributed by atoms with Gasteiger partial charge in [0.25, 0.3) is 0 Å². The molecule has 0 saturated heterocycles. The minimum absolute atomic E-state index is 0.0306. The quantitative estimate of drug-likeness (QED) is 0.829. The van der Waals surface area contributed by atoms with Crippen molar-refractivity contribution in [2.24, 2.45) is 0 Å². The van der Waals surface area contributed by atoms with Crippen molar-refractivity contribution in [1.82, 2.24) is 9.88 Å². The van der Waals surface area contributed by atoms with E-state index < -0.39 is 10.0 Å². The molecule has 7 nitrogen and oxygen atoms in total. The second-order valence-electron chi connectivity index (χ2n) is 4.60. The van der Waals surface area contributed by atoms with E-state index in [4.69, 9.17) is 14.0 Å². The first-order chi connectivity index (χ1) is 10.5. The van der Waals surface area contributed by atoms with Gasteiger partial charge in [0.1, 0.15) is 22.2 Å². The summed E-state index contributed by atoms with van der Waals surface area (Å²) in [5, 5.41) is 3.75. The normalized spacial score (nSPS) is 11.4. The van der Waals surface area contributed by atoms with Gasteiger partial charge in [-0.2, -0.15) is 0 Å². The summed E-state index contributed by atoms with van der Waals surface area (Å²) >= 11 is 0. The maximum Gasteiger partial charge on any atom is 0.244 e. The molecule has 0 amide bonds. The molecule has 0 spiro atoms. The molecule has 2 rings (SSSR count). The van der Waals surface area contributed by atoms with Gasteiger partial charge < -0.3 is 14.0 Å². The lowest BCUT2D eigenvalue weighted by Gasteiger charge is -2.11. The Kier molecular flexibility index (Phi) is 5.04. The molecule has 0 radical (unpaired) electrons. The average Bonchev–Trinajstić information content (AvgIpc) is 2.91. The van der Waals surface area contributed by atoms with E-state index in [-0.39, 0.29) is 17.2 Å². The number of ether oxygens (including phenoxy) is 2. The third kappa shape index (κ3) is 3.77. The first-order valence-corrected chi connectivity index (χ1v) is 8.08. The third-order valence-corrected chi connectivity index (χ3v) is 4.48. The summed E-state index contributed by atoms with van der Waals surface area (Å²) < 4.78 is 42.5. The molecule has 1 heterocycles. The van der Waals surface area contributed by atoms with Crippen LogP contribution in [-0.2, 0) is 16.4 Å². The molecule has 22 heavy (non-hydrogen) atoms. The van der Waals surface area contributed by atoms with Crippen LogP contribution in [-0.4, -0.2) is 34.3 Å². The summed E-state index contributed by atoms with van der Waals surface area (Å²) in [6.07, 6.45) is 0.409. The topological polar surface area (TPSA) is 90.7 Å². The van der Waals surface area contributed by atoms with Gasteiger partial charge in [-0.1, -0.05) is 5.16 Å². The summed E-state index contributed by atoms with van der Waals surface area (Å²) in [4.78, 5) is 0.0306. The first kappa shape index (κ1) is 16.3. The minimum Gasteiger partial charge on any atom is -0.497 e. The van der Waals surface area contributed by atoms with Crippen molar-refractivity contribution >= 4 is 10.0 Å². The molecule has 1 N–H and O–H groups in total. The van der Waals surface area contributed by atoms with Gasteiger partial charge in [-0.15, -0.1) is 0 Å². The van der Waals surface area contributed by atoms with Gasteiger partial charge in [-0.25, -0.2) is 13.1 Å². The number of benzene rings is 1. The number of nitrogens with zero attached hydrogens (tertiary/aromatic N) is 1. The molecule has 2 aromatic rings. The number of rotatable bonds is 7. The second kappa shape index (κ2) is 6.80. The number of aryl methyl sites for hydroxylation is 1. The molecule has 0 bridgehead atoms. The van der Waals surface area contributed by atoms with E-state index in [2.05, 4.69) is 9.88 Å². The van der Waals surface area contributed by atoms with Gasteiger partial charge in [0.15, 0.2) is 0 Å². The SMILES string of the molecule is COc1ccc(OC)c(S(=O)(=O)NCCc2cc(C)no2)c1. The highest BCUT2D eigenvalue weighted by atomic mass is 32.2. The Morgan fingerprint density at radius 3 is 2.59 bits per heavy atom. The van der Waals surface area contributed by atoms with E-state index in [0.717, 1.165) is 5.69 Å². The molecule has 0 saturated carbocycles. The van der Waals surface area contributed by atoms with Crippen LogP contribution in [0.3, 0.4) is 0 Å². The van der Waals surface area contributed by atoms with Crippen LogP contribution in [0.25, 0.3) is 0 Å². The molecule has 8 heteroatoms. The molecule has 0 aliphatic rings. The number of aromatic nitrogens is 1. The Labute approximate surface area is 129 Å². The van der Waals surface area contributed by atoms with E-state index in [1.165, 1.54) is 20.3 Å². The van der Waals surface area contributed by atoms with Crippen LogP contribution >= 0.6 is 0 Å². The standard InChI is InChI=1S/C14H18N2O5S/c1-10-8-12(21-16-10)6-7-15-22(17,18)14-9-11(19-2)4-5-13(14)20-3/h4-5,8-9,15H,6-7H2,1-3H3. The molecule has 0 aliphatic heterocycles. The monoisotopic (exact) mass is 326 g/mol. The Morgan fingerprint density at radius 1 is 1.23 bits per heavy atom. The van der Waals surface area contributed by atoms with Gasteiger partial charge >= 0.3 is 0 Å². The van der Waals surface area contributed by atoms with Crippen LogP contribution in [0.4, 0.5) is 0 Å². The number of hydrogen-bond donors (Lipinski definition) is 1. The van der Waals surface area contributed by atoms with E-state index in [1.54, 1.807) is 25.1 Å². The number of sulfonamides is 1. The largest absolute Gasteiger partial charge is 0.497 e. The van der Waals surface area contributed by atoms with E-state index >= 15 is 0 Å². The van der Waals surface area contributed by atoms with Crippen LogP contribution < -0.4 is 14.2 Å². The number of nitrogens with one attached hydrogen (secondary N) is 1. The molecule has 0 atom stereocenters. The molecule has 1 aromatic carbocycles. The molecular formula is C14H18N2O5S. The number of methoxy groups -OCH3 is 2. The zero-order valence-corrected chi connectivity index (χ0v) is 13.4. The van der Waals surface area contributed by atoms with E-state index in [0.29, 0.717) is 17.9 Å². The van der Waals surface area contributed by atoms with Crippen molar-refractivity contribution in [2.75, 3.05) is 20.8 Å². The molecule has 120 valence electrons. The zero-order valence-electron chi connectivity index (χ0n) is 12.6. The van der Waals surface area contributed by atoms with Gasteiger partial charge in [0.2, 0.25) is 10.0 Å². The Bertz CT molecular complexity index is 739. The fraction of sp³-hybridized carbons (Fsp3) is 0.357. The van der Waals surface area contributed by atoms with E-state index in [9.17, 15) is 8.42 Å². The number of hydrogen-bond acceptors (Lipinski definition) is 6. The summed E-state index contributed by atoms with van der Waals surface area (Å²) in [5.74, 6) is 1.31. The lowest BCUT2D eigenvalue weighted by molar-refractivity contribution is 0.379. The molecule has 0 fully saturated rings. The summed E-state index contributed by atoms with van der Waals surface area (Å²) in [7, 11) is -0.831. The predicted molar refractivity (Wildman–Crippen MR) is 79.7 cm³/mol. The van der Waals surface area contributed by atoms with Crippen LogP contribution in [0, 0.1) is 6.92 Å². The fourth-order valence-corrected chi connectivity index (χ4v) is 3.13. The Hall–Kier alpha value is -2.06. The predicted octanol–water partition coefficient (Wildman–Crippen LogP) is 1.52. The van der Waals surface area contributed by atoms with Crippen molar-refractivity contribution in [3.8, 4) is 11.5 Å². The lowest BCUT2D eigenvalue weighted by atomic mass is 10.3. The molecular weight excluding hydrogens is 308 g/mol. The Balaban J connectivity index is 2.12. The molecule has 0 aliphatic carbocycles. The van der Waals surface area contributed by atoms with Crippen molar-refractivity contribution < 1.29 is 22.4 Å². The highest BCUT2D eigenvalue weighted by Crippen LogP contribution is 2.27. The second-order valence-corrected chi connectivity index (χ2v) is 6.33. The molecule has 0 unspecified atom stereocenters. The summed E-state index contributed by atoms with van der Waals surface area (Å²) in [6, 6.07) is 6.36. The highest BCUT2D eigenvalue weighted by Gasteiger charge is 2.20. The minimum atomic E-state index is -3.72. The van der Waals surface area contributed by atoms with Crippen molar-refractivity contribution in [3.63, 3.8) is 0 Å². The van der Waals surface area contributed by atoms with Crippen LogP contribution in [0.15, 0.2) is 33.7 Å². The highest BCUT2D eigenvalue weighted by molar-refractivity contribution is 7.89. The van der Waals surface area contributed by atoms with Gasteiger partial charge in [0.05, 0.1) is 19.9 Å². The van der Waals surface area contributed by atoms with Crippen molar-refractivity contribution in [1.29, 1.82) is 0 Å². The van der Waals surface area contributed by atoms with Crippen LogP contribution in [0.1, 0.15) is 11.5 Å². The maximum atomic E-state index is 12.4. The average molecular weight is 326 g/mol. The lowest BCUT2D eigenvalue weighted by Crippen LogP contribution is -2.26. The third-order valence-electron chi connectivity index (χ3n) is 3.00. The van der Waals surface area contributed by atoms with E-state index in [1.807, 2.05) is 0 Å². The smallest absolute Gasteiger partial charge is 0.244 e. The van der Waals surface area contributed by atoms with Crippen molar-refractivity contribution in [2.45, 2.75) is 18.2 Å². The Morgan fingerprint density at radius 2 is 2.00 bits per heavy atom. The van der Waals surface area contributed by atoms with Crippen molar-refractivity contribution in [3.05, 3.63) is 35.7 Å². The summed E-state index contributed by atoms with van der Waals surface area (Å²) in [5.41, 5.74) is 0.757. The summed E-state index contributed by atoms with van der Waals surface area (Å²) in [6.45, 7) is 2.00. The van der Waals surface area contributed by atoms with Gasteiger partial charge in [0, 0.05) is 25.1 Å². The van der Waals surface area contributed by atoms with Crippen LogP contribution in [0.2, 0.25) is 0 Å². The van der Waals surface area contributed by atoms with Gasteiger partial charge in [-0.05, 0) is 19.1 Å². The zero-order chi connectivity index (χ0) is 16.2. The fourth-order valence-electron chi connectivity index (χ4n) is 1.91. The molecule has 1 aromatic heterocycles. The maximum absolute atomic E-state index is 12.4. The van der Waals surface area contributed by atoms with Crippen LogP contribution in [0.5, 0.6) is 11.5 Å².